The molecule has 0 aromatic rings. The molecule has 96 valence electrons. The molecule has 0 spiro atoms. The second-order valence-corrected chi connectivity index (χ2v) is 6.35. The summed E-state index contributed by atoms with van der Waals surface area (Å²) in [7, 11) is 0. The zero-order chi connectivity index (χ0) is 12.1. The molecular weight excluding hydrogens is 194 g/mol. The Bertz CT molecular complexity index is 188. The highest BCUT2D eigenvalue weighted by Gasteiger charge is 2.37. The third-order valence-corrected chi connectivity index (χ3v) is 4.08. The minimum Gasteiger partial charge on any atom is -0.306 e. The van der Waals surface area contributed by atoms with Gasteiger partial charge in [0.2, 0.25) is 0 Å². The zero-order valence-electron chi connectivity index (χ0n) is 11.9. The van der Waals surface area contributed by atoms with E-state index in [0.717, 1.165) is 0 Å². The van der Waals surface area contributed by atoms with E-state index >= 15 is 0 Å². The summed E-state index contributed by atoms with van der Waals surface area (Å²) in [6.45, 7) is 9.36. The fourth-order valence-corrected chi connectivity index (χ4v) is 3.24. The molecule has 1 fully saturated rings. The Morgan fingerprint density at radius 3 is 1.94 bits per heavy atom. The number of piperidine rings is 1. The average molecular weight is 225 g/mol. The first kappa shape index (κ1) is 14.0. The van der Waals surface area contributed by atoms with E-state index in [1.165, 1.54) is 57.8 Å². The molecule has 1 aliphatic rings. The standard InChI is InChI=1S/C15H31N/c1-5-7-11-15(12-8-6-2)13-9-10-14(3,4)16-15/h16H,5-13H2,1-4H3. The molecule has 1 rings (SSSR count). The summed E-state index contributed by atoms with van der Waals surface area (Å²) in [4.78, 5) is 0. The van der Waals surface area contributed by atoms with Crippen molar-refractivity contribution in [2.45, 2.75) is 96.6 Å². The van der Waals surface area contributed by atoms with E-state index in [4.69, 9.17) is 0 Å². The molecule has 0 saturated carbocycles. The molecular formula is C15H31N. The first-order valence-electron chi connectivity index (χ1n) is 7.33. The van der Waals surface area contributed by atoms with Crippen molar-refractivity contribution in [1.29, 1.82) is 0 Å². The molecule has 0 amide bonds. The van der Waals surface area contributed by atoms with E-state index in [1.807, 2.05) is 0 Å². The number of rotatable bonds is 6. The van der Waals surface area contributed by atoms with E-state index in [2.05, 4.69) is 33.0 Å². The Balaban J connectivity index is 2.61. The van der Waals surface area contributed by atoms with Crippen LogP contribution >= 0.6 is 0 Å². The summed E-state index contributed by atoms with van der Waals surface area (Å²) in [6.07, 6.45) is 12.3. The van der Waals surface area contributed by atoms with E-state index in [1.54, 1.807) is 0 Å². The fraction of sp³-hybridized carbons (Fsp3) is 1.00. The van der Waals surface area contributed by atoms with Crippen LogP contribution in [0.3, 0.4) is 0 Å². The predicted molar refractivity (Wildman–Crippen MR) is 72.8 cm³/mol. The van der Waals surface area contributed by atoms with Crippen molar-refractivity contribution in [1.82, 2.24) is 5.32 Å². The summed E-state index contributed by atoms with van der Waals surface area (Å²) in [5, 5.41) is 3.98. The highest BCUT2D eigenvalue weighted by atomic mass is 15.1. The number of unbranched alkanes of at least 4 members (excludes halogenated alkanes) is 2. The van der Waals surface area contributed by atoms with E-state index in [9.17, 15) is 0 Å². The van der Waals surface area contributed by atoms with Gasteiger partial charge in [0.1, 0.15) is 0 Å². The van der Waals surface area contributed by atoms with Crippen LogP contribution in [0.15, 0.2) is 0 Å². The Labute approximate surface area is 102 Å². The lowest BCUT2D eigenvalue weighted by Gasteiger charge is -2.47. The maximum Gasteiger partial charge on any atom is 0.0186 e. The smallest absolute Gasteiger partial charge is 0.0186 e. The Morgan fingerprint density at radius 1 is 0.938 bits per heavy atom. The molecule has 1 saturated heterocycles. The van der Waals surface area contributed by atoms with Gasteiger partial charge in [0.05, 0.1) is 0 Å². The van der Waals surface area contributed by atoms with Crippen LogP contribution in [0.4, 0.5) is 0 Å². The van der Waals surface area contributed by atoms with Gasteiger partial charge in [-0.1, -0.05) is 39.5 Å². The average Bonchev–Trinajstić information content (AvgIpc) is 2.22. The van der Waals surface area contributed by atoms with Crippen LogP contribution in [0.1, 0.15) is 85.5 Å². The SMILES string of the molecule is CCCCC1(CCCC)CCCC(C)(C)N1. The summed E-state index contributed by atoms with van der Waals surface area (Å²) < 4.78 is 0. The third kappa shape index (κ3) is 4.08. The van der Waals surface area contributed by atoms with Crippen molar-refractivity contribution >= 4 is 0 Å². The van der Waals surface area contributed by atoms with Gasteiger partial charge in [-0.2, -0.15) is 0 Å². The van der Waals surface area contributed by atoms with Gasteiger partial charge in [-0.25, -0.2) is 0 Å². The number of hydrogen-bond donors (Lipinski definition) is 1. The highest BCUT2D eigenvalue weighted by Crippen LogP contribution is 2.35. The predicted octanol–water partition coefficient (Wildman–Crippen LogP) is 4.66. The summed E-state index contributed by atoms with van der Waals surface area (Å²) in [5.74, 6) is 0. The zero-order valence-corrected chi connectivity index (χ0v) is 11.9. The second-order valence-electron chi connectivity index (χ2n) is 6.35. The van der Waals surface area contributed by atoms with Crippen LogP contribution in [0.5, 0.6) is 0 Å². The van der Waals surface area contributed by atoms with Crippen LogP contribution in [-0.2, 0) is 0 Å². The van der Waals surface area contributed by atoms with Crippen LogP contribution in [0.2, 0.25) is 0 Å². The molecule has 1 aliphatic heterocycles. The summed E-state index contributed by atoms with van der Waals surface area (Å²) >= 11 is 0. The second kappa shape index (κ2) is 6.05. The first-order chi connectivity index (χ1) is 7.54. The molecule has 1 heterocycles. The lowest BCUT2D eigenvalue weighted by molar-refractivity contribution is 0.128. The van der Waals surface area contributed by atoms with Crippen molar-refractivity contribution in [2.75, 3.05) is 0 Å². The molecule has 16 heavy (non-hydrogen) atoms. The minimum atomic E-state index is 0.361. The lowest BCUT2D eigenvalue weighted by Crippen LogP contribution is -2.58. The highest BCUT2D eigenvalue weighted by molar-refractivity contribution is 4.98. The van der Waals surface area contributed by atoms with Crippen molar-refractivity contribution in [3.8, 4) is 0 Å². The Kier molecular flexibility index (Phi) is 5.30. The topological polar surface area (TPSA) is 12.0 Å². The number of nitrogens with one attached hydrogen (secondary N) is 1. The van der Waals surface area contributed by atoms with E-state index < -0.39 is 0 Å². The van der Waals surface area contributed by atoms with Gasteiger partial charge in [-0.3, -0.25) is 0 Å². The Morgan fingerprint density at radius 2 is 1.50 bits per heavy atom. The van der Waals surface area contributed by atoms with Gasteiger partial charge in [-0.15, -0.1) is 0 Å². The monoisotopic (exact) mass is 225 g/mol. The molecule has 0 atom stereocenters. The molecule has 1 N–H and O–H groups in total. The van der Waals surface area contributed by atoms with Crippen LogP contribution in [0, 0.1) is 0 Å². The van der Waals surface area contributed by atoms with E-state index in [0.29, 0.717) is 11.1 Å². The normalized spacial score (nSPS) is 23.2. The summed E-state index contributed by atoms with van der Waals surface area (Å²) in [5.41, 5.74) is 0.827. The quantitative estimate of drug-likeness (QED) is 0.693. The van der Waals surface area contributed by atoms with Crippen LogP contribution in [-0.4, -0.2) is 11.1 Å². The van der Waals surface area contributed by atoms with E-state index in [-0.39, 0.29) is 0 Å². The number of hydrogen-bond acceptors (Lipinski definition) is 1. The molecule has 0 radical (unpaired) electrons. The van der Waals surface area contributed by atoms with Crippen molar-refractivity contribution in [3.63, 3.8) is 0 Å². The molecule has 1 nitrogen and oxygen atoms in total. The molecule has 0 aromatic heterocycles. The molecule has 1 heteroatoms. The van der Waals surface area contributed by atoms with Crippen molar-refractivity contribution in [3.05, 3.63) is 0 Å². The molecule has 0 bridgehead atoms. The lowest BCUT2D eigenvalue weighted by atomic mass is 9.75. The third-order valence-electron chi connectivity index (χ3n) is 4.08. The molecule has 0 unspecified atom stereocenters. The largest absolute Gasteiger partial charge is 0.306 e. The molecule has 0 aliphatic carbocycles. The van der Waals surface area contributed by atoms with Gasteiger partial charge < -0.3 is 5.32 Å². The van der Waals surface area contributed by atoms with Crippen LogP contribution in [0.25, 0.3) is 0 Å². The summed E-state index contributed by atoms with van der Waals surface area (Å²) in [6, 6.07) is 0. The first-order valence-corrected chi connectivity index (χ1v) is 7.33. The van der Waals surface area contributed by atoms with Gasteiger partial charge in [0.25, 0.3) is 0 Å². The van der Waals surface area contributed by atoms with Gasteiger partial charge in [0, 0.05) is 11.1 Å². The maximum absolute atomic E-state index is 3.98. The fourth-order valence-electron chi connectivity index (χ4n) is 3.24. The van der Waals surface area contributed by atoms with Crippen molar-refractivity contribution in [2.24, 2.45) is 0 Å². The molecule has 0 aromatic carbocycles. The van der Waals surface area contributed by atoms with Crippen molar-refractivity contribution < 1.29 is 0 Å². The van der Waals surface area contributed by atoms with Gasteiger partial charge in [0.15, 0.2) is 0 Å². The maximum atomic E-state index is 3.98. The van der Waals surface area contributed by atoms with Gasteiger partial charge in [-0.05, 0) is 46.0 Å². The van der Waals surface area contributed by atoms with Crippen LogP contribution < -0.4 is 5.32 Å². The Hall–Kier alpha value is -0.0400. The minimum absolute atomic E-state index is 0.361. The van der Waals surface area contributed by atoms with Gasteiger partial charge >= 0.3 is 0 Å².